The zero-order chi connectivity index (χ0) is 10.8. The molecule has 0 radical (unpaired) electrons. The summed E-state index contributed by atoms with van der Waals surface area (Å²) in [5.74, 6) is 1.30. The highest BCUT2D eigenvalue weighted by atomic mass is 15.2. The fourth-order valence-corrected chi connectivity index (χ4v) is 3.46. The van der Waals surface area contributed by atoms with Crippen molar-refractivity contribution in [3.8, 4) is 0 Å². The molecule has 0 aliphatic carbocycles. The average molecular weight is 221 g/mol. The van der Waals surface area contributed by atoms with Crippen LogP contribution in [0.25, 0.3) is 0 Å². The number of amidine groups is 1. The van der Waals surface area contributed by atoms with E-state index in [1.807, 2.05) is 0 Å². The molecule has 3 heterocycles. The van der Waals surface area contributed by atoms with Crippen molar-refractivity contribution in [2.75, 3.05) is 19.6 Å². The molecule has 0 aromatic rings. The Balaban J connectivity index is 1.59. The van der Waals surface area contributed by atoms with Crippen molar-refractivity contribution < 1.29 is 0 Å². The summed E-state index contributed by atoms with van der Waals surface area (Å²) < 4.78 is 0. The monoisotopic (exact) mass is 221 g/mol. The normalized spacial score (nSPS) is 35.6. The molecule has 2 fully saturated rings. The molecular weight excluding hydrogens is 198 g/mol. The minimum Gasteiger partial charge on any atom is -0.369 e. The maximum absolute atomic E-state index is 4.69. The molecule has 3 rings (SSSR count). The molecule has 0 aromatic carbocycles. The van der Waals surface area contributed by atoms with Gasteiger partial charge in [0.2, 0.25) is 0 Å². The molecule has 2 unspecified atom stereocenters. The Kier molecular flexibility index (Phi) is 3.13. The first-order valence-corrected chi connectivity index (χ1v) is 6.97. The zero-order valence-corrected chi connectivity index (χ0v) is 10.1. The highest BCUT2D eigenvalue weighted by Crippen LogP contribution is 2.28. The summed E-state index contributed by atoms with van der Waals surface area (Å²) in [6.07, 6.45) is 9.26. The molecule has 2 atom stereocenters. The number of fused-ring (bicyclic) bond motifs is 1. The van der Waals surface area contributed by atoms with Gasteiger partial charge in [-0.1, -0.05) is 6.42 Å². The van der Waals surface area contributed by atoms with E-state index in [-0.39, 0.29) is 0 Å². The first-order chi connectivity index (χ1) is 7.93. The minimum absolute atomic E-state index is 0.694. The molecule has 0 saturated carbocycles. The number of hydrogen-bond acceptors (Lipinski definition) is 3. The summed E-state index contributed by atoms with van der Waals surface area (Å²) in [5.41, 5.74) is 0. The fourth-order valence-electron chi connectivity index (χ4n) is 3.46. The van der Waals surface area contributed by atoms with Gasteiger partial charge in [0, 0.05) is 31.6 Å². The molecule has 0 bridgehead atoms. The van der Waals surface area contributed by atoms with Crippen LogP contribution in [-0.2, 0) is 0 Å². The Bertz CT molecular complexity index is 274. The number of hydrogen-bond donors (Lipinski definition) is 1. The van der Waals surface area contributed by atoms with Crippen LogP contribution in [0.2, 0.25) is 0 Å². The number of aliphatic imine (C=N–C) groups is 1. The van der Waals surface area contributed by atoms with Crippen molar-refractivity contribution in [3.63, 3.8) is 0 Å². The van der Waals surface area contributed by atoms with E-state index in [4.69, 9.17) is 0 Å². The summed E-state index contributed by atoms with van der Waals surface area (Å²) in [6, 6.07) is 1.50. The molecular formula is C13H23N3. The molecule has 0 amide bonds. The molecule has 1 N–H and O–H groups in total. The summed E-state index contributed by atoms with van der Waals surface area (Å²) in [7, 11) is 0. The molecule has 16 heavy (non-hydrogen) atoms. The van der Waals surface area contributed by atoms with E-state index in [0.717, 1.165) is 12.6 Å². The Morgan fingerprint density at radius 2 is 2.06 bits per heavy atom. The van der Waals surface area contributed by atoms with E-state index in [9.17, 15) is 0 Å². The van der Waals surface area contributed by atoms with E-state index < -0.39 is 0 Å². The topological polar surface area (TPSA) is 27.6 Å². The van der Waals surface area contributed by atoms with Gasteiger partial charge >= 0.3 is 0 Å². The van der Waals surface area contributed by atoms with Crippen LogP contribution >= 0.6 is 0 Å². The van der Waals surface area contributed by atoms with Crippen LogP contribution in [0.5, 0.6) is 0 Å². The first-order valence-electron chi connectivity index (χ1n) is 6.97. The van der Waals surface area contributed by atoms with Crippen LogP contribution in [0, 0.1) is 0 Å². The van der Waals surface area contributed by atoms with Gasteiger partial charge in [0.25, 0.3) is 0 Å². The van der Waals surface area contributed by atoms with Crippen LogP contribution in [0.3, 0.4) is 0 Å². The zero-order valence-electron chi connectivity index (χ0n) is 10.1. The molecule has 3 aliphatic heterocycles. The lowest BCUT2D eigenvalue weighted by molar-refractivity contribution is 0.308. The highest BCUT2D eigenvalue weighted by molar-refractivity contribution is 5.82. The second-order valence-corrected chi connectivity index (χ2v) is 5.42. The van der Waals surface area contributed by atoms with Crippen molar-refractivity contribution in [2.24, 2.45) is 4.99 Å². The van der Waals surface area contributed by atoms with Gasteiger partial charge in [-0.25, -0.2) is 0 Å². The van der Waals surface area contributed by atoms with E-state index in [1.54, 1.807) is 0 Å². The van der Waals surface area contributed by atoms with Gasteiger partial charge in [-0.05, 0) is 38.6 Å². The van der Waals surface area contributed by atoms with Gasteiger partial charge in [-0.2, -0.15) is 0 Å². The molecule has 90 valence electrons. The fraction of sp³-hybridized carbons (Fsp3) is 0.923. The highest BCUT2D eigenvalue weighted by Gasteiger charge is 2.37. The molecule has 0 spiro atoms. The lowest BCUT2D eigenvalue weighted by Gasteiger charge is -2.22. The quantitative estimate of drug-likeness (QED) is 0.731. The van der Waals surface area contributed by atoms with Gasteiger partial charge in [0.15, 0.2) is 0 Å². The van der Waals surface area contributed by atoms with E-state index in [1.165, 1.54) is 63.9 Å². The smallest absolute Gasteiger partial charge is 0.0965 e. The third-order valence-electron chi connectivity index (χ3n) is 4.33. The molecule has 3 heteroatoms. The van der Waals surface area contributed by atoms with Crippen LogP contribution in [0.15, 0.2) is 4.99 Å². The number of rotatable bonds is 1. The predicted molar refractivity (Wildman–Crippen MR) is 66.9 cm³/mol. The minimum atomic E-state index is 0.694. The lowest BCUT2D eigenvalue weighted by Crippen LogP contribution is -2.42. The summed E-state index contributed by atoms with van der Waals surface area (Å²) in [5, 5.41) is 3.74. The Morgan fingerprint density at radius 1 is 1.06 bits per heavy atom. The van der Waals surface area contributed by atoms with Crippen LogP contribution < -0.4 is 5.32 Å². The SMILES string of the molecule is C1CCN=C(NC2CCN3CCCC23)CC1. The van der Waals surface area contributed by atoms with Crippen molar-refractivity contribution >= 4 is 5.84 Å². The average Bonchev–Trinajstić information content (AvgIpc) is 2.78. The van der Waals surface area contributed by atoms with Crippen molar-refractivity contribution in [1.82, 2.24) is 10.2 Å². The second kappa shape index (κ2) is 4.74. The van der Waals surface area contributed by atoms with Crippen molar-refractivity contribution in [2.45, 2.75) is 57.0 Å². The predicted octanol–water partition coefficient (Wildman–Crippen LogP) is 1.79. The van der Waals surface area contributed by atoms with Crippen LogP contribution in [0.4, 0.5) is 0 Å². The molecule has 0 aromatic heterocycles. The van der Waals surface area contributed by atoms with E-state index in [2.05, 4.69) is 15.2 Å². The summed E-state index contributed by atoms with van der Waals surface area (Å²) >= 11 is 0. The Morgan fingerprint density at radius 3 is 3.06 bits per heavy atom. The Hall–Kier alpha value is -0.570. The van der Waals surface area contributed by atoms with Gasteiger partial charge in [0.05, 0.1) is 5.84 Å². The molecule has 3 nitrogen and oxygen atoms in total. The summed E-state index contributed by atoms with van der Waals surface area (Å²) in [6.45, 7) is 3.67. The number of nitrogens with one attached hydrogen (secondary N) is 1. The van der Waals surface area contributed by atoms with Gasteiger partial charge in [-0.15, -0.1) is 0 Å². The van der Waals surface area contributed by atoms with Crippen LogP contribution in [-0.4, -0.2) is 42.5 Å². The first kappa shape index (κ1) is 10.6. The van der Waals surface area contributed by atoms with Gasteiger partial charge in [-0.3, -0.25) is 9.89 Å². The van der Waals surface area contributed by atoms with Crippen molar-refractivity contribution in [1.29, 1.82) is 0 Å². The molecule has 3 aliphatic rings. The van der Waals surface area contributed by atoms with E-state index >= 15 is 0 Å². The van der Waals surface area contributed by atoms with Gasteiger partial charge < -0.3 is 5.32 Å². The maximum Gasteiger partial charge on any atom is 0.0965 e. The maximum atomic E-state index is 4.69. The summed E-state index contributed by atoms with van der Waals surface area (Å²) in [4.78, 5) is 7.35. The van der Waals surface area contributed by atoms with Crippen LogP contribution in [0.1, 0.15) is 44.9 Å². The second-order valence-electron chi connectivity index (χ2n) is 5.42. The largest absolute Gasteiger partial charge is 0.369 e. The standard InChI is InChI=1S/C13H23N3/c1-2-6-13(14-8-3-1)15-11-7-10-16-9-4-5-12(11)16/h11-12H,1-10H2,(H,14,15). The van der Waals surface area contributed by atoms with E-state index in [0.29, 0.717) is 6.04 Å². The lowest BCUT2D eigenvalue weighted by atomic mass is 10.1. The van der Waals surface area contributed by atoms with Crippen molar-refractivity contribution in [3.05, 3.63) is 0 Å². The Labute approximate surface area is 98.3 Å². The number of nitrogens with zero attached hydrogens (tertiary/aromatic N) is 2. The van der Waals surface area contributed by atoms with Gasteiger partial charge in [0.1, 0.15) is 0 Å². The molecule has 2 saturated heterocycles. The third kappa shape index (κ3) is 2.10. The third-order valence-corrected chi connectivity index (χ3v) is 4.33.